The van der Waals surface area contributed by atoms with Crippen molar-refractivity contribution in [3.63, 3.8) is 0 Å². The van der Waals surface area contributed by atoms with Crippen LogP contribution in [0.4, 0.5) is 5.69 Å². The van der Waals surface area contributed by atoms with Gasteiger partial charge in [-0.1, -0.05) is 11.6 Å². The van der Waals surface area contributed by atoms with Gasteiger partial charge in [-0.2, -0.15) is 10.4 Å². The topological polar surface area (TPSA) is 94.3 Å². The first-order chi connectivity index (χ1) is 11.0. The summed E-state index contributed by atoms with van der Waals surface area (Å²) in [7, 11) is 0. The van der Waals surface area contributed by atoms with Gasteiger partial charge in [-0.25, -0.2) is 5.43 Å². The zero-order chi connectivity index (χ0) is 16.8. The summed E-state index contributed by atoms with van der Waals surface area (Å²) in [6.07, 6.45) is 0. The normalized spacial score (nSPS) is 10.7. The van der Waals surface area contributed by atoms with Crippen LogP contribution >= 0.6 is 22.9 Å². The quantitative estimate of drug-likeness (QED) is 0.508. The van der Waals surface area contributed by atoms with Gasteiger partial charge in [0.15, 0.2) is 0 Å². The number of halogens is 1. The minimum absolute atomic E-state index is 0.412. The van der Waals surface area contributed by atoms with Crippen LogP contribution in [0.3, 0.4) is 0 Å². The molecule has 2 N–H and O–H groups in total. The fourth-order valence-electron chi connectivity index (χ4n) is 1.57. The maximum Gasteiger partial charge on any atom is 0.329 e. The molecule has 116 valence electrons. The van der Waals surface area contributed by atoms with Gasteiger partial charge in [0, 0.05) is 5.69 Å². The van der Waals surface area contributed by atoms with E-state index in [1.54, 1.807) is 19.1 Å². The van der Waals surface area contributed by atoms with Crippen molar-refractivity contribution >= 4 is 46.2 Å². The van der Waals surface area contributed by atoms with Crippen LogP contribution in [0.2, 0.25) is 4.34 Å². The smallest absolute Gasteiger partial charge is 0.318 e. The Labute approximate surface area is 141 Å². The zero-order valence-corrected chi connectivity index (χ0v) is 13.5. The molecule has 8 heteroatoms. The monoisotopic (exact) mass is 346 g/mol. The van der Waals surface area contributed by atoms with Gasteiger partial charge in [-0.3, -0.25) is 9.59 Å². The van der Waals surface area contributed by atoms with Crippen molar-refractivity contribution in [2.24, 2.45) is 5.10 Å². The molecule has 0 radical (unpaired) electrons. The van der Waals surface area contributed by atoms with E-state index < -0.39 is 11.8 Å². The number of anilines is 1. The summed E-state index contributed by atoms with van der Waals surface area (Å²) in [5, 5.41) is 15.0. The maximum absolute atomic E-state index is 11.7. The number of amides is 2. The number of hydrogen-bond donors (Lipinski definition) is 2. The maximum atomic E-state index is 11.7. The Hall–Kier alpha value is -2.69. The average Bonchev–Trinajstić information content (AvgIpc) is 2.99. The van der Waals surface area contributed by atoms with E-state index in [2.05, 4.69) is 15.8 Å². The molecule has 23 heavy (non-hydrogen) atoms. The Morgan fingerprint density at radius 2 is 1.87 bits per heavy atom. The van der Waals surface area contributed by atoms with Gasteiger partial charge in [0.05, 0.1) is 26.6 Å². The summed E-state index contributed by atoms with van der Waals surface area (Å²) in [6, 6.07) is 11.6. The van der Waals surface area contributed by atoms with E-state index in [0.717, 1.165) is 4.88 Å². The number of nitrogens with one attached hydrogen (secondary N) is 2. The molecule has 1 heterocycles. The molecule has 0 spiro atoms. The molecule has 0 saturated heterocycles. The molecular formula is C15H11ClN4O2S. The van der Waals surface area contributed by atoms with Gasteiger partial charge < -0.3 is 5.32 Å². The van der Waals surface area contributed by atoms with Crippen LogP contribution in [0.15, 0.2) is 41.5 Å². The van der Waals surface area contributed by atoms with Gasteiger partial charge in [0.2, 0.25) is 0 Å². The van der Waals surface area contributed by atoms with Crippen molar-refractivity contribution in [1.82, 2.24) is 5.43 Å². The molecule has 2 amide bonds. The van der Waals surface area contributed by atoms with Gasteiger partial charge >= 0.3 is 11.8 Å². The highest BCUT2D eigenvalue weighted by Gasteiger charge is 2.13. The molecule has 2 aromatic rings. The number of nitrogens with zero attached hydrogens (tertiary/aromatic N) is 2. The lowest BCUT2D eigenvalue weighted by Gasteiger charge is -2.04. The number of benzene rings is 1. The van der Waals surface area contributed by atoms with Gasteiger partial charge in [0.1, 0.15) is 0 Å². The van der Waals surface area contributed by atoms with E-state index >= 15 is 0 Å². The Balaban J connectivity index is 1.94. The molecule has 1 aromatic carbocycles. The first-order valence-corrected chi connectivity index (χ1v) is 7.60. The largest absolute Gasteiger partial charge is 0.329 e. The third-order valence-corrected chi connectivity index (χ3v) is 4.07. The van der Waals surface area contributed by atoms with Crippen LogP contribution in [-0.2, 0) is 9.59 Å². The Morgan fingerprint density at radius 1 is 1.17 bits per heavy atom. The number of nitriles is 1. The number of carbonyl (C=O) groups excluding carboxylic acids is 2. The molecule has 1 aromatic heterocycles. The molecule has 0 saturated carbocycles. The lowest BCUT2D eigenvalue weighted by molar-refractivity contribution is -0.136. The summed E-state index contributed by atoms with van der Waals surface area (Å²) >= 11 is 7.14. The lowest BCUT2D eigenvalue weighted by atomic mass is 10.2. The Kier molecular flexibility index (Phi) is 5.46. The van der Waals surface area contributed by atoms with E-state index in [9.17, 15) is 9.59 Å². The fourth-order valence-corrected chi connectivity index (χ4v) is 2.55. The number of hydrazone groups is 1. The minimum Gasteiger partial charge on any atom is -0.318 e. The van der Waals surface area contributed by atoms with Crippen LogP contribution in [0.25, 0.3) is 0 Å². The van der Waals surface area contributed by atoms with Crippen molar-refractivity contribution in [2.45, 2.75) is 6.92 Å². The zero-order valence-electron chi connectivity index (χ0n) is 12.0. The second-order valence-electron chi connectivity index (χ2n) is 4.39. The molecule has 0 aliphatic heterocycles. The molecule has 2 rings (SSSR count). The van der Waals surface area contributed by atoms with Crippen LogP contribution in [-0.4, -0.2) is 17.5 Å². The highest BCUT2D eigenvalue weighted by Crippen LogP contribution is 2.21. The molecule has 0 atom stereocenters. The first kappa shape index (κ1) is 16.7. The summed E-state index contributed by atoms with van der Waals surface area (Å²) in [6.45, 7) is 1.70. The molecule has 0 bridgehead atoms. The first-order valence-electron chi connectivity index (χ1n) is 6.41. The van der Waals surface area contributed by atoms with E-state index in [1.807, 2.05) is 6.07 Å². The predicted octanol–water partition coefficient (Wildman–Crippen LogP) is 2.75. The van der Waals surface area contributed by atoms with Crippen LogP contribution < -0.4 is 10.7 Å². The minimum atomic E-state index is -0.892. The van der Waals surface area contributed by atoms with Crippen molar-refractivity contribution in [3.8, 4) is 6.07 Å². The lowest BCUT2D eigenvalue weighted by Crippen LogP contribution is -2.32. The van der Waals surface area contributed by atoms with Crippen molar-refractivity contribution in [1.29, 1.82) is 5.26 Å². The third kappa shape index (κ3) is 4.64. The summed E-state index contributed by atoms with van der Waals surface area (Å²) in [5.74, 6) is -1.74. The van der Waals surface area contributed by atoms with E-state index in [4.69, 9.17) is 16.9 Å². The fraction of sp³-hybridized carbons (Fsp3) is 0.0667. The average molecular weight is 347 g/mol. The van der Waals surface area contributed by atoms with E-state index in [-0.39, 0.29) is 0 Å². The third-order valence-electron chi connectivity index (χ3n) is 2.73. The number of thiophene rings is 1. The van der Waals surface area contributed by atoms with Crippen LogP contribution in [0.5, 0.6) is 0 Å². The summed E-state index contributed by atoms with van der Waals surface area (Å²) < 4.78 is 0.611. The van der Waals surface area contributed by atoms with E-state index in [1.165, 1.54) is 35.6 Å². The second-order valence-corrected chi connectivity index (χ2v) is 6.10. The van der Waals surface area contributed by atoms with Crippen molar-refractivity contribution in [3.05, 3.63) is 51.2 Å². The van der Waals surface area contributed by atoms with Crippen molar-refractivity contribution in [2.75, 3.05) is 5.32 Å². The molecule has 0 aliphatic carbocycles. The predicted molar refractivity (Wildman–Crippen MR) is 89.5 cm³/mol. The molecular weight excluding hydrogens is 336 g/mol. The van der Waals surface area contributed by atoms with Crippen LogP contribution in [0, 0.1) is 11.3 Å². The summed E-state index contributed by atoms with van der Waals surface area (Å²) in [4.78, 5) is 24.2. The highest BCUT2D eigenvalue weighted by molar-refractivity contribution is 7.18. The Bertz CT molecular complexity index is 806. The SMILES string of the molecule is CC(=NNC(=O)C(=O)Nc1ccc(C#N)cc1)c1ccc(Cl)s1. The highest BCUT2D eigenvalue weighted by atomic mass is 35.5. The standard InChI is InChI=1S/C15H11ClN4O2S/c1-9(12-6-7-13(16)23-12)19-20-15(22)14(21)18-11-4-2-10(8-17)3-5-11/h2-7H,1H3,(H,18,21)(H,20,22). The molecule has 0 fully saturated rings. The van der Waals surface area contributed by atoms with Gasteiger partial charge in [0.25, 0.3) is 0 Å². The van der Waals surface area contributed by atoms with Crippen molar-refractivity contribution < 1.29 is 9.59 Å². The molecule has 6 nitrogen and oxygen atoms in total. The Morgan fingerprint density at radius 3 is 2.43 bits per heavy atom. The van der Waals surface area contributed by atoms with E-state index in [0.29, 0.717) is 21.3 Å². The van der Waals surface area contributed by atoms with Crippen LogP contribution in [0.1, 0.15) is 17.4 Å². The number of hydrogen-bond acceptors (Lipinski definition) is 5. The second kappa shape index (κ2) is 7.54. The summed E-state index contributed by atoms with van der Waals surface area (Å²) in [5.41, 5.74) is 3.60. The van der Waals surface area contributed by atoms with Gasteiger partial charge in [-0.05, 0) is 43.3 Å². The molecule has 0 aliphatic rings. The van der Waals surface area contributed by atoms with Gasteiger partial charge in [-0.15, -0.1) is 11.3 Å². The number of rotatable bonds is 3. The molecule has 0 unspecified atom stereocenters. The number of carbonyl (C=O) groups is 2.